The predicted molar refractivity (Wildman–Crippen MR) is 66.8 cm³/mol. The van der Waals surface area contributed by atoms with E-state index in [0.717, 1.165) is 17.7 Å². The number of nitrogens with zero attached hydrogens (tertiary/aromatic N) is 1. The molecule has 86 valence electrons. The summed E-state index contributed by atoms with van der Waals surface area (Å²) in [6, 6.07) is 5.38. The fourth-order valence-corrected chi connectivity index (χ4v) is 1.89. The standard InChI is InChI=1S/C12H14BrFN2/c1-3-9(4-5-15)16-12-7-11(14)10(13)6-8(12)2/h6-7,9,16H,3-4H2,1-2H3. The average Bonchev–Trinajstić information content (AvgIpc) is 2.25. The van der Waals surface area contributed by atoms with Crippen molar-refractivity contribution in [2.75, 3.05) is 5.32 Å². The van der Waals surface area contributed by atoms with E-state index >= 15 is 0 Å². The molecule has 16 heavy (non-hydrogen) atoms. The van der Waals surface area contributed by atoms with Gasteiger partial charge in [-0.3, -0.25) is 0 Å². The van der Waals surface area contributed by atoms with Crippen molar-refractivity contribution in [1.29, 1.82) is 5.26 Å². The Morgan fingerprint density at radius 3 is 2.81 bits per heavy atom. The number of anilines is 1. The Labute approximate surface area is 104 Å². The highest BCUT2D eigenvalue weighted by Crippen LogP contribution is 2.25. The van der Waals surface area contributed by atoms with Crippen molar-refractivity contribution >= 4 is 21.6 Å². The van der Waals surface area contributed by atoms with Gasteiger partial charge in [0, 0.05) is 11.7 Å². The van der Waals surface area contributed by atoms with E-state index in [4.69, 9.17) is 5.26 Å². The van der Waals surface area contributed by atoms with E-state index in [1.807, 2.05) is 13.8 Å². The van der Waals surface area contributed by atoms with Gasteiger partial charge >= 0.3 is 0 Å². The lowest BCUT2D eigenvalue weighted by molar-refractivity contribution is 0.620. The fourth-order valence-electron chi connectivity index (χ4n) is 1.43. The van der Waals surface area contributed by atoms with Gasteiger partial charge in [-0.15, -0.1) is 0 Å². The van der Waals surface area contributed by atoms with Gasteiger partial charge in [-0.2, -0.15) is 5.26 Å². The number of aryl methyl sites for hydroxylation is 1. The van der Waals surface area contributed by atoms with E-state index in [9.17, 15) is 4.39 Å². The molecule has 4 heteroatoms. The van der Waals surface area contributed by atoms with E-state index in [0.29, 0.717) is 10.9 Å². The quantitative estimate of drug-likeness (QED) is 0.907. The van der Waals surface area contributed by atoms with Crippen molar-refractivity contribution in [1.82, 2.24) is 0 Å². The lowest BCUT2D eigenvalue weighted by atomic mass is 10.1. The molecule has 0 radical (unpaired) electrons. The van der Waals surface area contributed by atoms with Crippen molar-refractivity contribution in [2.24, 2.45) is 0 Å². The van der Waals surface area contributed by atoms with Crippen LogP contribution in [-0.4, -0.2) is 6.04 Å². The highest BCUT2D eigenvalue weighted by Gasteiger charge is 2.09. The van der Waals surface area contributed by atoms with Crippen LogP contribution in [0.3, 0.4) is 0 Å². The summed E-state index contributed by atoms with van der Waals surface area (Å²) in [5, 5.41) is 11.8. The highest BCUT2D eigenvalue weighted by atomic mass is 79.9. The Morgan fingerprint density at radius 1 is 1.56 bits per heavy atom. The number of nitriles is 1. The largest absolute Gasteiger partial charge is 0.381 e. The Bertz CT molecular complexity index is 412. The maximum Gasteiger partial charge on any atom is 0.139 e. The Balaban J connectivity index is 2.88. The number of rotatable bonds is 4. The Kier molecular flexibility index (Phi) is 4.75. The summed E-state index contributed by atoms with van der Waals surface area (Å²) in [5.74, 6) is -0.292. The summed E-state index contributed by atoms with van der Waals surface area (Å²) in [6.07, 6.45) is 1.26. The van der Waals surface area contributed by atoms with Crippen LogP contribution in [0.1, 0.15) is 25.3 Å². The first-order valence-electron chi connectivity index (χ1n) is 5.17. The number of nitrogens with one attached hydrogen (secondary N) is 1. The molecule has 0 bridgehead atoms. The molecule has 0 fully saturated rings. The summed E-state index contributed by atoms with van der Waals surface area (Å²) >= 11 is 3.14. The van der Waals surface area contributed by atoms with Gasteiger partial charge in [0.1, 0.15) is 5.82 Å². The third-order valence-electron chi connectivity index (χ3n) is 2.46. The molecule has 1 N–H and O–H groups in total. The highest BCUT2D eigenvalue weighted by molar-refractivity contribution is 9.10. The Hall–Kier alpha value is -1.08. The second kappa shape index (κ2) is 5.86. The van der Waals surface area contributed by atoms with Crippen LogP contribution in [0.25, 0.3) is 0 Å². The molecule has 0 heterocycles. The molecule has 0 aromatic heterocycles. The molecule has 1 atom stereocenters. The number of hydrogen-bond acceptors (Lipinski definition) is 2. The van der Waals surface area contributed by atoms with E-state index in [1.54, 1.807) is 6.07 Å². The molecule has 1 aromatic carbocycles. The predicted octanol–water partition coefficient (Wildman–Crippen LogP) is 4.00. The van der Waals surface area contributed by atoms with Crippen LogP contribution in [0.2, 0.25) is 0 Å². The van der Waals surface area contributed by atoms with E-state index in [2.05, 4.69) is 27.3 Å². The molecule has 0 aliphatic carbocycles. The van der Waals surface area contributed by atoms with Crippen LogP contribution in [0, 0.1) is 24.1 Å². The molecule has 1 unspecified atom stereocenters. The molecule has 0 amide bonds. The first kappa shape index (κ1) is 13.0. The molecule has 0 saturated carbocycles. The summed E-state index contributed by atoms with van der Waals surface area (Å²) < 4.78 is 13.8. The van der Waals surface area contributed by atoms with Gasteiger partial charge in [-0.05, 0) is 47.0 Å². The third-order valence-corrected chi connectivity index (χ3v) is 3.07. The minimum absolute atomic E-state index is 0.0734. The van der Waals surface area contributed by atoms with Crippen LogP contribution in [0.15, 0.2) is 16.6 Å². The van der Waals surface area contributed by atoms with Crippen molar-refractivity contribution in [3.8, 4) is 6.07 Å². The van der Waals surface area contributed by atoms with Gasteiger partial charge in [-0.25, -0.2) is 4.39 Å². The average molecular weight is 285 g/mol. The molecule has 0 spiro atoms. The summed E-state index contributed by atoms with van der Waals surface area (Å²) in [5.41, 5.74) is 1.72. The smallest absolute Gasteiger partial charge is 0.139 e. The van der Waals surface area contributed by atoms with Gasteiger partial charge in [-0.1, -0.05) is 6.92 Å². The normalized spacial score (nSPS) is 11.9. The van der Waals surface area contributed by atoms with Gasteiger partial charge in [0.2, 0.25) is 0 Å². The zero-order valence-corrected chi connectivity index (χ0v) is 10.9. The second-order valence-corrected chi connectivity index (χ2v) is 4.55. The molecule has 0 aliphatic heterocycles. The van der Waals surface area contributed by atoms with E-state index in [-0.39, 0.29) is 11.9 Å². The lowest BCUT2D eigenvalue weighted by Crippen LogP contribution is -2.18. The maximum atomic E-state index is 13.3. The van der Waals surface area contributed by atoms with Gasteiger partial charge < -0.3 is 5.32 Å². The number of hydrogen-bond donors (Lipinski definition) is 1. The van der Waals surface area contributed by atoms with Crippen molar-refractivity contribution in [3.63, 3.8) is 0 Å². The van der Waals surface area contributed by atoms with Crippen LogP contribution in [-0.2, 0) is 0 Å². The third kappa shape index (κ3) is 3.21. The number of halogens is 2. The molecular formula is C12H14BrFN2. The summed E-state index contributed by atoms with van der Waals surface area (Å²) in [7, 11) is 0. The molecule has 1 aromatic rings. The lowest BCUT2D eigenvalue weighted by Gasteiger charge is -2.17. The van der Waals surface area contributed by atoms with Crippen LogP contribution in [0.5, 0.6) is 0 Å². The minimum Gasteiger partial charge on any atom is -0.381 e. The molecule has 2 nitrogen and oxygen atoms in total. The number of benzene rings is 1. The topological polar surface area (TPSA) is 35.8 Å². The van der Waals surface area contributed by atoms with E-state index in [1.165, 1.54) is 6.07 Å². The van der Waals surface area contributed by atoms with Crippen LogP contribution >= 0.6 is 15.9 Å². The summed E-state index contributed by atoms with van der Waals surface area (Å²) in [6.45, 7) is 3.91. The molecule has 0 aliphatic rings. The van der Waals surface area contributed by atoms with Crippen LogP contribution in [0.4, 0.5) is 10.1 Å². The van der Waals surface area contributed by atoms with Gasteiger partial charge in [0.05, 0.1) is 17.0 Å². The first-order valence-corrected chi connectivity index (χ1v) is 5.97. The van der Waals surface area contributed by atoms with Gasteiger partial charge in [0.15, 0.2) is 0 Å². The Morgan fingerprint density at radius 2 is 2.25 bits per heavy atom. The zero-order chi connectivity index (χ0) is 12.1. The fraction of sp³-hybridized carbons (Fsp3) is 0.417. The van der Waals surface area contributed by atoms with E-state index < -0.39 is 0 Å². The van der Waals surface area contributed by atoms with Crippen molar-refractivity contribution in [2.45, 2.75) is 32.7 Å². The monoisotopic (exact) mass is 284 g/mol. The maximum absolute atomic E-state index is 13.3. The second-order valence-electron chi connectivity index (χ2n) is 3.69. The zero-order valence-electron chi connectivity index (χ0n) is 9.35. The SMILES string of the molecule is CCC(CC#N)Nc1cc(F)c(Br)cc1C. The molecule has 1 rings (SSSR count). The molecule has 0 saturated heterocycles. The van der Waals surface area contributed by atoms with Crippen molar-refractivity contribution < 1.29 is 4.39 Å². The first-order chi connectivity index (χ1) is 7.58. The van der Waals surface area contributed by atoms with Gasteiger partial charge in [0.25, 0.3) is 0 Å². The van der Waals surface area contributed by atoms with Crippen molar-refractivity contribution in [3.05, 3.63) is 28.0 Å². The van der Waals surface area contributed by atoms with Crippen LogP contribution < -0.4 is 5.32 Å². The minimum atomic E-state index is -0.292. The molecular weight excluding hydrogens is 271 g/mol. The summed E-state index contributed by atoms with van der Waals surface area (Å²) in [4.78, 5) is 0.